The zero-order valence-corrected chi connectivity index (χ0v) is 26.2. The van der Waals surface area contributed by atoms with Crippen molar-refractivity contribution in [1.29, 1.82) is 0 Å². The number of amides is 2. The zero-order chi connectivity index (χ0) is 31.8. The van der Waals surface area contributed by atoms with Crippen LogP contribution in [0.4, 0.5) is 4.79 Å². The molecule has 1 saturated heterocycles. The van der Waals surface area contributed by atoms with Crippen LogP contribution in [0.5, 0.6) is 0 Å². The molecule has 1 aliphatic rings. The largest absolute Gasteiger partial charge is 0.465 e. The Hall–Kier alpha value is -3.76. The predicted octanol–water partition coefficient (Wildman–Crippen LogP) is 3.81. The van der Waals surface area contributed by atoms with Crippen LogP contribution in [0.3, 0.4) is 0 Å². The van der Waals surface area contributed by atoms with E-state index in [4.69, 9.17) is 14.2 Å². The first-order valence-corrected chi connectivity index (χ1v) is 14.7. The van der Waals surface area contributed by atoms with E-state index in [0.29, 0.717) is 18.5 Å². The number of carbonyl (C=O) groups is 4. The van der Waals surface area contributed by atoms with Gasteiger partial charge < -0.3 is 30.2 Å². The average molecular weight is 596 g/mol. The van der Waals surface area contributed by atoms with E-state index in [1.807, 2.05) is 60.7 Å². The number of piperidine rings is 1. The summed E-state index contributed by atoms with van der Waals surface area (Å²) < 4.78 is 17.4. The number of hydrogen-bond donors (Lipinski definition) is 3. The van der Waals surface area contributed by atoms with E-state index < -0.39 is 52.7 Å². The highest BCUT2D eigenvalue weighted by Crippen LogP contribution is 2.40. The van der Waals surface area contributed by atoms with E-state index in [1.54, 1.807) is 34.6 Å². The van der Waals surface area contributed by atoms with Crippen molar-refractivity contribution < 1.29 is 33.4 Å². The maximum absolute atomic E-state index is 14.1. The lowest BCUT2D eigenvalue weighted by molar-refractivity contribution is -0.164. The third kappa shape index (κ3) is 8.42. The summed E-state index contributed by atoms with van der Waals surface area (Å²) in [5, 5.41) is 8.55. The summed E-state index contributed by atoms with van der Waals surface area (Å²) in [6.45, 7) is 12.2. The van der Waals surface area contributed by atoms with Gasteiger partial charge >= 0.3 is 12.1 Å². The second-order valence-corrected chi connectivity index (χ2v) is 12.3. The molecule has 1 aliphatic heterocycles. The molecule has 0 spiro atoms. The van der Waals surface area contributed by atoms with E-state index in [-0.39, 0.29) is 19.0 Å². The fourth-order valence-corrected chi connectivity index (χ4v) is 5.18. The number of Topliss-reactive ketones (excluding diaryl/α,β-unsaturated/α-hetero) is 1. The Morgan fingerprint density at radius 2 is 1.58 bits per heavy atom. The molecule has 2 aromatic rings. The standard InChI is InChI=1S/C33H45N3O7/c1-8-41-29(39)33(24-17-13-10-14-18-24)19-20-34-25(27(33)42-21-23-15-11-9-12-16-23)26(37)22(2)35-28(38)32(6,7)36-30(40)43-31(3,4)5/h9-18,22,25,27,34H,8,19-21H2,1-7H3,(H,35,38)(H,36,40). The Kier molecular flexibility index (Phi) is 11.1. The molecule has 0 saturated carbocycles. The van der Waals surface area contributed by atoms with Crippen LogP contribution in [-0.4, -0.2) is 66.2 Å². The van der Waals surface area contributed by atoms with Crippen LogP contribution in [0.25, 0.3) is 0 Å². The van der Waals surface area contributed by atoms with E-state index in [2.05, 4.69) is 16.0 Å². The Bertz CT molecular complexity index is 1260. The van der Waals surface area contributed by atoms with Crippen molar-refractivity contribution in [3.8, 4) is 0 Å². The predicted molar refractivity (Wildman–Crippen MR) is 162 cm³/mol. The maximum atomic E-state index is 14.1. The maximum Gasteiger partial charge on any atom is 0.408 e. The highest BCUT2D eigenvalue weighted by Gasteiger charge is 2.56. The number of ketones is 1. The van der Waals surface area contributed by atoms with Gasteiger partial charge in [0.25, 0.3) is 0 Å². The zero-order valence-electron chi connectivity index (χ0n) is 26.2. The molecule has 3 N–H and O–H groups in total. The summed E-state index contributed by atoms with van der Waals surface area (Å²) in [6, 6.07) is 16.8. The summed E-state index contributed by atoms with van der Waals surface area (Å²) >= 11 is 0. The molecule has 2 aromatic carbocycles. The summed E-state index contributed by atoms with van der Waals surface area (Å²) in [4.78, 5) is 53.5. The van der Waals surface area contributed by atoms with Crippen LogP contribution in [0.15, 0.2) is 60.7 Å². The van der Waals surface area contributed by atoms with Crippen molar-refractivity contribution in [3.63, 3.8) is 0 Å². The monoisotopic (exact) mass is 595 g/mol. The summed E-state index contributed by atoms with van der Waals surface area (Å²) in [6.07, 6.45) is -1.37. The average Bonchev–Trinajstić information content (AvgIpc) is 2.95. The number of esters is 1. The molecule has 2 amide bonds. The topological polar surface area (TPSA) is 132 Å². The van der Waals surface area contributed by atoms with Gasteiger partial charge in [-0.15, -0.1) is 0 Å². The van der Waals surface area contributed by atoms with Gasteiger partial charge in [0.1, 0.15) is 22.7 Å². The molecule has 4 atom stereocenters. The molecule has 4 unspecified atom stereocenters. The molecular weight excluding hydrogens is 550 g/mol. The summed E-state index contributed by atoms with van der Waals surface area (Å²) in [5.74, 6) is -1.42. The fraction of sp³-hybridized carbons (Fsp3) is 0.515. The third-order valence-electron chi connectivity index (χ3n) is 7.34. The van der Waals surface area contributed by atoms with Gasteiger partial charge in [-0.25, -0.2) is 4.79 Å². The van der Waals surface area contributed by atoms with Crippen molar-refractivity contribution in [2.45, 2.75) is 96.2 Å². The molecule has 0 radical (unpaired) electrons. The molecule has 234 valence electrons. The Labute approximate surface area is 254 Å². The van der Waals surface area contributed by atoms with Gasteiger partial charge in [-0.05, 0) is 72.6 Å². The second kappa shape index (κ2) is 14.1. The van der Waals surface area contributed by atoms with Crippen LogP contribution in [0, 0.1) is 0 Å². The number of rotatable bonds is 11. The lowest BCUT2D eigenvalue weighted by Gasteiger charge is -2.46. The van der Waals surface area contributed by atoms with Crippen LogP contribution < -0.4 is 16.0 Å². The first-order valence-electron chi connectivity index (χ1n) is 14.7. The van der Waals surface area contributed by atoms with Crippen molar-refractivity contribution >= 4 is 23.8 Å². The van der Waals surface area contributed by atoms with Crippen LogP contribution >= 0.6 is 0 Å². The van der Waals surface area contributed by atoms with Gasteiger partial charge in [0, 0.05) is 0 Å². The normalized spacial score (nSPS) is 21.3. The molecule has 0 aliphatic carbocycles. The summed E-state index contributed by atoms with van der Waals surface area (Å²) in [5.41, 5.74) is -1.84. The molecule has 1 fully saturated rings. The van der Waals surface area contributed by atoms with E-state index in [1.165, 1.54) is 13.8 Å². The molecule has 1 heterocycles. The number of hydrogen-bond acceptors (Lipinski definition) is 8. The van der Waals surface area contributed by atoms with Crippen LogP contribution in [0.1, 0.15) is 66.0 Å². The molecule has 0 bridgehead atoms. The molecule has 43 heavy (non-hydrogen) atoms. The first-order chi connectivity index (χ1) is 20.2. The number of benzene rings is 2. The molecule has 10 heteroatoms. The quantitative estimate of drug-likeness (QED) is 0.334. The highest BCUT2D eigenvalue weighted by molar-refractivity contribution is 5.97. The minimum atomic E-state index is -1.38. The molecular formula is C33H45N3O7. The lowest BCUT2D eigenvalue weighted by atomic mass is 9.67. The lowest BCUT2D eigenvalue weighted by Crippen LogP contribution is -2.67. The van der Waals surface area contributed by atoms with Gasteiger partial charge in [0.05, 0.1) is 25.3 Å². The Morgan fingerprint density at radius 1 is 0.977 bits per heavy atom. The fourth-order valence-electron chi connectivity index (χ4n) is 5.18. The van der Waals surface area contributed by atoms with Crippen LogP contribution in [-0.2, 0) is 40.6 Å². The van der Waals surface area contributed by atoms with Gasteiger partial charge in [-0.1, -0.05) is 60.7 Å². The number of alkyl carbamates (subject to hydrolysis) is 1. The minimum Gasteiger partial charge on any atom is -0.465 e. The van der Waals surface area contributed by atoms with E-state index in [0.717, 1.165) is 5.56 Å². The van der Waals surface area contributed by atoms with Gasteiger partial charge in [0.15, 0.2) is 5.78 Å². The SMILES string of the molecule is CCOC(=O)C1(c2ccccc2)CCNC(C(=O)C(C)NC(=O)C(C)(C)NC(=O)OC(C)(C)C)C1OCc1ccccc1. The second-order valence-electron chi connectivity index (χ2n) is 12.3. The van der Waals surface area contributed by atoms with Crippen molar-refractivity contribution in [2.75, 3.05) is 13.2 Å². The van der Waals surface area contributed by atoms with Gasteiger partial charge in [-0.3, -0.25) is 14.4 Å². The van der Waals surface area contributed by atoms with E-state index in [9.17, 15) is 19.2 Å². The smallest absolute Gasteiger partial charge is 0.408 e. The number of ether oxygens (including phenoxy) is 3. The van der Waals surface area contributed by atoms with Gasteiger partial charge in [-0.2, -0.15) is 0 Å². The van der Waals surface area contributed by atoms with Crippen molar-refractivity contribution in [3.05, 3.63) is 71.8 Å². The number of nitrogens with one attached hydrogen (secondary N) is 3. The molecule has 3 rings (SSSR count). The summed E-state index contributed by atoms with van der Waals surface area (Å²) in [7, 11) is 0. The van der Waals surface area contributed by atoms with Gasteiger partial charge in [0.2, 0.25) is 5.91 Å². The third-order valence-corrected chi connectivity index (χ3v) is 7.34. The minimum absolute atomic E-state index is 0.151. The van der Waals surface area contributed by atoms with Crippen LogP contribution in [0.2, 0.25) is 0 Å². The van der Waals surface area contributed by atoms with E-state index >= 15 is 0 Å². The van der Waals surface area contributed by atoms with Crippen molar-refractivity contribution in [2.24, 2.45) is 0 Å². The Balaban J connectivity index is 1.92. The first kappa shape index (κ1) is 33.7. The number of carbonyl (C=O) groups excluding carboxylic acids is 4. The van der Waals surface area contributed by atoms with Crippen molar-refractivity contribution in [1.82, 2.24) is 16.0 Å². The highest BCUT2D eigenvalue weighted by atomic mass is 16.6. The molecule has 0 aromatic heterocycles. The Morgan fingerprint density at radius 3 is 2.16 bits per heavy atom. The molecule has 10 nitrogen and oxygen atoms in total.